The first-order valence-electron chi connectivity index (χ1n) is 12.1. The van der Waals surface area contributed by atoms with Crippen LogP contribution in [0.3, 0.4) is 0 Å². The van der Waals surface area contributed by atoms with Crippen LogP contribution in [0.1, 0.15) is 48.8 Å². The molecule has 0 radical (unpaired) electrons. The standard InChI is InChI=1S/C27H35N3O3/c1-33-25-11-6-23(7-12-25)19-28-27(32)30-16-14-22(15-17-30)18-21-4-2-20(3-5-21)8-13-26(31)29-24-9-10-24/h2-7,11-12,22,24H,8-10,13-19H2,1H3,(H,28,32)(H,29,31). The summed E-state index contributed by atoms with van der Waals surface area (Å²) in [6, 6.07) is 16.9. The molecule has 1 saturated heterocycles. The summed E-state index contributed by atoms with van der Waals surface area (Å²) >= 11 is 0. The third-order valence-corrected chi connectivity index (χ3v) is 6.64. The van der Waals surface area contributed by atoms with E-state index >= 15 is 0 Å². The van der Waals surface area contributed by atoms with Crippen LogP contribution in [0.4, 0.5) is 4.79 Å². The Balaban J connectivity index is 1.15. The number of likely N-dealkylation sites (tertiary alicyclic amines) is 1. The van der Waals surface area contributed by atoms with Gasteiger partial charge < -0.3 is 20.3 Å². The predicted molar refractivity (Wildman–Crippen MR) is 129 cm³/mol. The SMILES string of the molecule is COc1ccc(CNC(=O)N2CCC(Cc3ccc(CCC(=O)NC4CC4)cc3)CC2)cc1. The number of rotatable bonds is 9. The van der Waals surface area contributed by atoms with Crippen LogP contribution in [0.2, 0.25) is 0 Å². The zero-order valence-electron chi connectivity index (χ0n) is 19.5. The summed E-state index contributed by atoms with van der Waals surface area (Å²) < 4.78 is 5.17. The topological polar surface area (TPSA) is 70.7 Å². The van der Waals surface area contributed by atoms with Gasteiger partial charge in [-0.15, -0.1) is 0 Å². The Morgan fingerprint density at radius 1 is 0.909 bits per heavy atom. The predicted octanol–water partition coefficient (Wildman–Crippen LogP) is 4.07. The van der Waals surface area contributed by atoms with Gasteiger partial charge in [-0.2, -0.15) is 0 Å². The third kappa shape index (κ3) is 7.24. The molecule has 2 aromatic carbocycles. The van der Waals surface area contributed by atoms with Crippen LogP contribution in [-0.2, 0) is 24.2 Å². The highest BCUT2D eigenvalue weighted by Crippen LogP contribution is 2.23. The molecule has 1 aliphatic carbocycles. The van der Waals surface area contributed by atoms with Gasteiger partial charge in [0.1, 0.15) is 5.75 Å². The van der Waals surface area contributed by atoms with E-state index in [4.69, 9.17) is 4.74 Å². The Kier molecular flexibility index (Phi) is 7.87. The highest BCUT2D eigenvalue weighted by molar-refractivity contribution is 5.76. The van der Waals surface area contributed by atoms with Gasteiger partial charge in [-0.3, -0.25) is 4.79 Å². The smallest absolute Gasteiger partial charge is 0.317 e. The number of piperidine rings is 1. The summed E-state index contributed by atoms with van der Waals surface area (Å²) in [6.45, 7) is 2.12. The number of amides is 3. The second-order valence-electron chi connectivity index (χ2n) is 9.30. The van der Waals surface area contributed by atoms with Gasteiger partial charge in [0, 0.05) is 32.1 Å². The monoisotopic (exact) mass is 449 g/mol. The van der Waals surface area contributed by atoms with Gasteiger partial charge in [-0.05, 0) is 73.3 Å². The maximum Gasteiger partial charge on any atom is 0.317 e. The number of ether oxygens (including phenoxy) is 1. The van der Waals surface area contributed by atoms with E-state index in [1.807, 2.05) is 29.2 Å². The van der Waals surface area contributed by atoms with E-state index in [1.54, 1.807) is 7.11 Å². The van der Waals surface area contributed by atoms with Crippen LogP contribution < -0.4 is 15.4 Å². The molecular weight excluding hydrogens is 414 g/mol. The third-order valence-electron chi connectivity index (χ3n) is 6.64. The number of nitrogens with zero attached hydrogens (tertiary/aromatic N) is 1. The van der Waals surface area contributed by atoms with E-state index in [0.717, 1.165) is 62.9 Å². The number of carbonyl (C=O) groups is 2. The van der Waals surface area contributed by atoms with Gasteiger partial charge in [0.15, 0.2) is 0 Å². The highest BCUT2D eigenvalue weighted by atomic mass is 16.5. The molecule has 6 nitrogen and oxygen atoms in total. The van der Waals surface area contributed by atoms with E-state index in [0.29, 0.717) is 24.9 Å². The lowest BCUT2D eigenvalue weighted by molar-refractivity contribution is -0.121. The van der Waals surface area contributed by atoms with Gasteiger partial charge in [0.2, 0.25) is 5.91 Å². The number of carbonyl (C=O) groups excluding carboxylic acids is 2. The Bertz CT molecular complexity index is 915. The summed E-state index contributed by atoms with van der Waals surface area (Å²) in [4.78, 5) is 26.3. The van der Waals surface area contributed by atoms with Crippen molar-refractivity contribution < 1.29 is 14.3 Å². The lowest BCUT2D eigenvalue weighted by Gasteiger charge is -2.32. The molecule has 2 fully saturated rings. The van der Waals surface area contributed by atoms with Crippen molar-refractivity contribution in [2.75, 3.05) is 20.2 Å². The number of nitrogens with one attached hydrogen (secondary N) is 2. The summed E-state index contributed by atoms with van der Waals surface area (Å²) in [5, 5.41) is 6.07. The van der Waals surface area contributed by atoms with Crippen molar-refractivity contribution in [3.05, 3.63) is 65.2 Å². The highest BCUT2D eigenvalue weighted by Gasteiger charge is 2.24. The number of urea groups is 1. The molecule has 2 aliphatic rings. The fourth-order valence-electron chi connectivity index (χ4n) is 4.33. The van der Waals surface area contributed by atoms with E-state index in [-0.39, 0.29) is 11.9 Å². The van der Waals surface area contributed by atoms with Crippen molar-refractivity contribution in [2.45, 2.75) is 57.5 Å². The first-order valence-corrected chi connectivity index (χ1v) is 12.1. The van der Waals surface area contributed by atoms with Gasteiger partial charge in [0.05, 0.1) is 7.11 Å². The van der Waals surface area contributed by atoms with Gasteiger partial charge in [0.25, 0.3) is 0 Å². The van der Waals surface area contributed by atoms with Crippen molar-refractivity contribution >= 4 is 11.9 Å². The van der Waals surface area contributed by atoms with Gasteiger partial charge in [-0.25, -0.2) is 4.79 Å². The van der Waals surface area contributed by atoms with Crippen LogP contribution in [0, 0.1) is 5.92 Å². The Morgan fingerprint density at radius 3 is 2.18 bits per heavy atom. The largest absolute Gasteiger partial charge is 0.497 e. The number of aryl methyl sites for hydroxylation is 1. The minimum Gasteiger partial charge on any atom is -0.497 e. The molecule has 1 heterocycles. The minimum absolute atomic E-state index is 0.0133. The maximum atomic E-state index is 12.5. The van der Waals surface area contributed by atoms with Crippen LogP contribution in [0.25, 0.3) is 0 Å². The quantitative estimate of drug-likeness (QED) is 0.606. The zero-order valence-corrected chi connectivity index (χ0v) is 19.5. The molecule has 2 aromatic rings. The van der Waals surface area contributed by atoms with E-state index < -0.39 is 0 Å². The molecule has 3 amide bonds. The molecule has 1 aliphatic heterocycles. The number of hydrogen-bond acceptors (Lipinski definition) is 3. The van der Waals surface area contributed by atoms with Gasteiger partial charge >= 0.3 is 6.03 Å². The summed E-state index contributed by atoms with van der Waals surface area (Å²) in [6.07, 6.45) is 6.72. The molecule has 0 spiro atoms. The maximum absolute atomic E-state index is 12.5. The van der Waals surface area contributed by atoms with Crippen molar-refractivity contribution in [1.82, 2.24) is 15.5 Å². The molecule has 0 bridgehead atoms. The number of benzene rings is 2. The van der Waals surface area contributed by atoms with Crippen LogP contribution in [0.5, 0.6) is 5.75 Å². The van der Waals surface area contributed by atoms with Crippen LogP contribution in [-0.4, -0.2) is 43.1 Å². The fourth-order valence-corrected chi connectivity index (χ4v) is 4.33. The lowest BCUT2D eigenvalue weighted by Crippen LogP contribution is -2.44. The van der Waals surface area contributed by atoms with E-state index in [1.165, 1.54) is 11.1 Å². The second-order valence-corrected chi connectivity index (χ2v) is 9.30. The Hall–Kier alpha value is -3.02. The molecule has 1 saturated carbocycles. The van der Waals surface area contributed by atoms with Crippen molar-refractivity contribution in [3.63, 3.8) is 0 Å². The zero-order chi connectivity index (χ0) is 23.0. The lowest BCUT2D eigenvalue weighted by atomic mass is 9.90. The summed E-state index contributed by atoms with van der Waals surface area (Å²) in [5.74, 6) is 1.59. The molecule has 4 rings (SSSR count). The second kappa shape index (κ2) is 11.2. The average molecular weight is 450 g/mol. The van der Waals surface area contributed by atoms with Crippen molar-refractivity contribution in [2.24, 2.45) is 5.92 Å². The van der Waals surface area contributed by atoms with E-state index in [9.17, 15) is 9.59 Å². The Labute approximate surface area is 196 Å². The Morgan fingerprint density at radius 2 is 1.55 bits per heavy atom. The molecule has 33 heavy (non-hydrogen) atoms. The normalized spacial score (nSPS) is 16.3. The van der Waals surface area contributed by atoms with Gasteiger partial charge in [-0.1, -0.05) is 36.4 Å². The minimum atomic E-state index is 0.0133. The van der Waals surface area contributed by atoms with Crippen molar-refractivity contribution in [3.8, 4) is 5.75 Å². The summed E-state index contributed by atoms with van der Waals surface area (Å²) in [7, 11) is 1.65. The molecule has 0 atom stereocenters. The molecule has 2 N–H and O–H groups in total. The molecule has 6 heteroatoms. The molecule has 0 unspecified atom stereocenters. The molecule has 0 aromatic heterocycles. The first-order chi connectivity index (χ1) is 16.1. The van der Waals surface area contributed by atoms with E-state index in [2.05, 4.69) is 34.9 Å². The first kappa shape index (κ1) is 23.1. The fraction of sp³-hybridized carbons (Fsp3) is 0.481. The number of hydrogen-bond donors (Lipinski definition) is 2. The summed E-state index contributed by atoms with van der Waals surface area (Å²) in [5.41, 5.74) is 3.61. The van der Waals surface area contributed by atoms with Crippen LogP contribution >= 0.6 is 0 Å². The average Bonchev–Trinajstić information content (AvgIpc) is 3.67. The molecular formula is C27H35N3O3. The number of methoxy groups -OCH3 is 1. The molecule has 176 valence electrons. The van der Waals surface area contributed by atoms with Crippen LogP contribution in [0.15, 0.2) is 48.5 Å². The van der Waals surface area contributed by atoms with Crippen molar-refractivity contribution in [1.29, 1.82) is 0 Å².